The SMILES string of the molecule is CCN(Cc1ccc(C(=O)NCC2NCCc3ccccc32)cc1)C(C)C. The van der Waals surface area contributed by atoms with Crippen LogP contribution in [0.4, 0.5) is 0 Å². The molecule has 0 radical (unpaired) electrons. The van der Waals surface area contributed by atoms with Crippen molar-refractivity contribution in [1.82, 2.24) is 15.5 Å². The van der Waals surface area contributed by atoms with Gasteiger partial charge in [-0.15, -0.1) is 0 Å². The maximum absolute atomic E-state index is 12.5. The molecule has 4 nitrogen and oxygen atoms in total. The predicted molar refractivity (Wildman–Crippen MR) is 111 cm³/mol. The van der Waals surface area contributed by atoms with E-state index in [4.69, 9.17) is 0 Å². The van der Waals surface area contributed by atoms with Crippen LogP contribution in [0.25, 0.3) is 0 Å². The van der Waals surface area contributed by atoms with E-state index in [0.717, 1.165) is 31.6 Å². The third-order valence-electron chi connectivity index (χ3n) is 5.42. The van der Waals surface area contributed by atoms with Crippen LogP contribution in [0.1, 0.15) is 53.9 Å². The summed E-state index contributed by atoms with van der Waals surface area (Å²) in [5.41, 5.74) is 4.64. The summed E-state index contributed by atoms with van der Waals surface area (Å²) >= 11 is 0. The Morgan fingerprint density at radius 1 is 1.19 bits per heavy atom. The van der Waals surface area contributed by atoms with Crippen LogP contribution in [0, 0.1) is 0 Å². The Hall–Kier alpha value is -2.17. The Labute approximate surface area is 163 Å². The number of carbonyl (C=O) groups is 1. The fourth-order valence-electron chi connectivity index (χ4n) is 3.73. The normalized spacial score (nSPS) is 16.4. The molecule has 0 bridgehead atoms. The molecule has 2 N–H and O–H groups in total. The van der Waals surface area contributed by atoms with Crippen molar-refractivity contribution in [2.24, 2.45) is 0 Å². The summed E-state index contributed by atoms with van der Waals surface area (Å²) in [6.07, 6.45) is 1.05. The lowest BCUT2D eigenvalue weighted by Crippen LogP contribution is -2.38. The molecule has 0 aromatic heterocycles. The molecule has 2 aromatic rings. The molecule has 1 amide bonds. The predicted octanol–water partition coefficient (Wildman–Crippen LogP) is 3.53. The largest absolute Gasteiger partial charge is 0.350 e. The van der Waals surface area contributed by atoms with Crippen molar-refractivity contribution >= 4 is 5.91 Å². The second-order valence-corrected chi connectivity index (χ2v) is 7.52. The number of hydrogen-bond acceptors (Lipinski definition) is 3. The quantitative estimate of drug-likeness (QED) is 0.789. The Balaban J connectivity index is 1.57. The molecule has 27 heavy (non-hydrogen) atoms. The molecule has 1 unspecified atom stereocenters. The van der Waals surface area contributed by atoms with Gasteiger partial charge < -0.3 is 10.6 Å². The molecule has 0 saturated carbocycles. The molecule has 2 aromatic carbocycles. The van der Waals surface area contributed by atoms with E-state index in [1.165, 1.54) is 16.7 Å². The molecule has 1 aliphatic heterocycles. The van der Waals surface area contributed by atoms with Gasteiger partial charge in [-0.25, -0.2) is 0 Å². The number of hydrogen-bond donors (Lipinski definition) is 2. The van der Waals surface area contributed by atoms with Crippen LogP contribution >= 0.6 is 0 Å². The fraction of sp³-hybridized carbons (Fsp3) is 0.435. The first-order valence-corrected chi connectivity index (χ1v) is 10.0. The Morgan fingerprint density at radius 2 is 1.93 bits per heavy atom. The van der Waals surface area contributed by atoms with Crippen molar-refractivity contribution in [1.29, 1.82) is 0 Å². The highest BCUT2D eigenvalue weighted by molar-refractivity contribution is 5.94. The standard InChI is InChI=1S/C23H31N3O/c1-4-26(17(2)3)16-18-9-11-20(12-10-18)23(27)25-15-22-21-8-6-5-7-19(21)13-14-24-22/h5-12,17,22,24H,4,13-16H2,1-3H3,(H,25,27). The third kappa shape index (κ3) is 4.96. The van der Waals surface area contributed by atoms with Crippen molar-refractivity contribution in [3.63, 3.8) is 0 Å². The smallest absolute Gasteiger partial charge is 0.251 e. The molecular formula is C23H31N3O. The number of benzene rings is 2. The van der Waals surface area contributed by atoms with Gasteiger partial charge in [0.2, 0.25) is 0 Å². The highest BCUT2D eigenvalue weighted by Gasteiger charge is 2.19. The second-order valence-electron chi connectivity index (χ2n) is 7.52. The van der Waals surface area contributed by atoms with E-state index < -0.39 is 0 Å². The van der Waals surface area contributed by atoms with Gasteiger partial charge in [-0.3, -0.25) is 9.69 Å². The summed E-state index contributed by atoms with van der Waals surface area (Å²) in [5.74, 6) is -0.0115. The molecular weight excluding hydrogens is 334 g/mol. The second kappa shape index (κ2) is 9.16. The third-order valence-corrected chi connectivity index (χ3v) is 5.42. The van der Waals surface area contributed by atoms with Gasteiger partial charge >= 0.3 is 0 Å². The highest BCUT2D eigenvalue weighted by atomic mass is 16.1. The van der Waals surface area contributed by atoms with Crippen LogP contribution in [-0.2, 0) is 13.0 Å². The summed E-state index contributed by atoms with van der Waals surface area (Å²) in [6, 6.07) is 17.2. The summed E-state index contributed by atoms with van der Waals surface area (Å²) in [7, 11) is 0. The van der Waals surface area contributed by atoms with Crippen LogP contribution < -0.4 is 10.6 Å². The lowest BCUT2D eigenvalue weighted by atomic mass is 9.94. The maximum atomic E-state index is 12.5. The van der Waals surface area contributed by atoms with Crippen LogP contribution in [0.3, 0.4) is 0 Å². The Bertz CT molecular complexity index is 754. The molecule has 0 fully saturated rings. The first-order chi connectivity index (χ1) is 13.1. The Morgan fingerprint density at radius 3 is 2.63 bits per heavy atom. The zero-order valence-electron chi connectivity index (χ0n) is 16.7. The molecule has 1 aliphatic rings. The minimum atomic E-state index is -0.0115. The van der Waals surface area contributed by atoms with E-state index in [2.05, 4.69) is 72.7 Å². The summed E-state index contributed by atoms with van der Waals surface area (Å²) in [5, 5.41) is 6.60. The van der Waals surface area contributed by atoms with Gasteiger partial charge in [-0.2, -0.15) is 0 Å². The monoisotopic (exact) mass is 365 g/mol. The summed E-state index contributed by atoms with van der Waals surface area (Å²) < 4.78 is 0. The van der Waals surface area contributed by atoms with Crippen LogP contribution in [-0.4, -0.2) is 36.5 Å². The molecule has 0 spiro atoms. The van der Waals surface area contributed by atoms with Gasteiger partial charge in [-0.05, 0) is 62.2 Å². The number of nitrogens with zero attached hydrogens (tertiary/aromatic N) is 1. The van der Waals surface area contributed by atoms with Crippen LogP contribution in [0.5, 0.6) is 0 Å². The maximum Gasteiger partial charge on any atom is 0.251 e. The lowest BCUT2D eigenvalue weighted by molar-refractivity contribution is 0.0949. The summed E-state index contributed by atoms with van der Waals surface area (Å²) in [4.78, 5) is 15.0. The molecule has 0 saturated heterocycles. The van der Waals surface area contributed by atoms with E-state index >= 15 is 0 Å². The average Bonchev–Trinajstić information content (AvgIpc) is 2.70. The van der Waals surface area contributed by atoms with Crippen LogP contribution in [0.2, 0.25) is 0 Å². The van der Waals surface area contributed by atoms with Crippen molar-refractivity contribution in [2.45, 2.75) is 45.8 Å². The van der Waals surface area contributed by atoms with Crippen molar-refractivity contribution < 1.29 is 4.79 Å². The van der Waals surface area contributed by atoms with E-state index in [9.17, 15) is 4.79 Å². The van der Waals surface area contributed by atoms with Gasteiger partial charge in [0.25, 0.3) is 5.91 Å². The molecule has 0 aliphatic carbocycles. The van der Waals surface area contributed by atoms with Crippen molar-refractivity contribution in [2.75, 3.05) is 19.6 Å². The highest BCUT2D eigenvalue weighted by Crippen LogP contribution is 2.22. The van der Waals surface area contributed by atoms with Gasteiger partial charge in [-0.1, -0.05) is 43.3 Å². The molecule has 1 atom stereocenters. The minimum Gasteiger partial charge on any atom is -0.350 e. The van der Waals surface area contributed by atoms with Gasteiger partial charge in [0, 0.05) is 30.7 Å². The van der Waals surface area contributed by atoms with Crippen molar-refractivity contribution in [3.8, 4) is 0 Å². The zero-order chi connectivity index (χ0) is 19.2. The molecule has 4 heteroatoms. The average molecular weight is 366 g/mol. The van der Waals surface area contributed by atoms with Crippen molar-refractivity contribution in [3.05, 3.63) is 70.8 Å². The van der Waals surface area contributed by atoms with E-state index in [1.54, 1.807) is 0 Å². The number of fused-ring (bicyclic) bond motifs is 1. The Kier molecular flexibility index (Phi) is 6.64. The molecule has 144 valence electrons. The molecule has 3 rings (SSSR count). The van der Waals surface area contributed by atoms with E-state index in [0.29, 0.717) is 12.6 Å². The number of nitrogens with one attached hydrogen (secondary N) is 2. The summed E-state index contributed by atoms with van der Waals surface area (Å²) in [6.45, 7) is 10.1. The number of rotatable bonds is 7. The van der Waals surface area contributed by atoms with Gasteiger partial charge in [0.1, 0.15) is 0 Å². The minimum absolute atomic E-state index is 0.0115. The fourth-order valence-corrected chi connectivity index (χ4v) is 3.73. The zero-order valence-corrected chi connectivity index (χ0v) is 16.7. The number of carbonyl (C=O) groups excluding carboxylic acids is 1. The lowest BCUT2D eigenvalue weighted by Gasteiger charge is -2.27. The van der Waals surface area contributed by atoms with E-state index in [1.807, 2.05) is 12.1 Å². The molecule has 1 heterocycles. The first-order valence-electron chi connectivity index (χ1n) is 10.0. The topological polar surface area (TPSA) is 44.4 Å². The number of amides is 1. The van der Waals surface area contributed by atoms with E-state index in [-0.39, 0.29) is 11.9 Å². The van der Waals surface area contributed by atoms with Crippen LogP contribution in [0.15, 0.2) is 48.5 Å². The van der Waals surface area contributed by atoms with Gasteiger partial charge in [0.15, 0.2) is 0 Å². The van der Waals surface area contributed by atoms with Gasteiger partial charge in [0.05, 0.1) is 0 Å². The first kappa shape index (κ1) is 19.6.